The average molecular weight is 469 g/mol. The van der Waals surface area contributed by atoms with Crippen molar-refractivity contribution in [1.82, 2.24) is 19.7 Å². The molecule has 5 nitrogen and oxygen atoms in total. The van der Waals surface area contributed by atoms with Crippen LogP contribution >= 0.6 is 23.5 Å². The first-order chi connectivity index (χ1) is 15.6. The van der Waals surface area contributed by atoms with Crippen LogP contribution in [-0.2, 0) is 30.1 Å². The van der Waals surface area contributed by atoms with Crippen LogP contribution in [0.1, 0.15) is 35.4 Å². The lowest BCUT2D eigenvalue weighted by Crippen LogP contribution is -2.23. The van der Waals surface area contributed by atoms with Crippen molar-refractivity contribution < 1.29 is 4.74 Å². The second-order valence-corrected chi connectivity index (χ2v) is 10.2. The molecule has 1 saturated heterocycles. The largest absolute Gasteiger partial charge is 0.376 e. The number of aryl methyl sites for hydroxylation is 1. The summed E-state index contributed by atoms with van der Waals surface area (Å²) in [5.74, 6) is 1.91. The Kier molecular flexibility index (Phi) is 8.30. The quantitative estimate of drug-likeness (QED) is 0.371. The lowest BCUT2D eigenvalue weighted by molar-refractivity contribution is 0.0934. The highest BCUT2D eigenvalue weighted by molar-refractivity contribution is 7.98. The summed E-state index contributed by atoms with van der Waals surface area (Å²) >= 11 is 3.54. The van der Waals surface area contributed by atoms with Crippen molar-refractivity contribution in [2.75, 3.05) is 19.9 Å². The average Bonchev–Trinajstić information content (AvgIpc) is 3.45. The molecule has 0 spiro atoms. The minimum absolute atomic E-state index is 0.256. The van der Waals surface area contributed by atoms with Gasteiger partial charge in [0.05, 0.1) is 19.2 Å². The zero-order chi connectivity index (χ0) is 22.3. The van der Waals surface area contributed by atoms with Crippen LogP contribution in [0.5, 0.6) is 0 Å². The fourth-order valence-corrected chi connectivity index (χ4v) is 5.42. The third-order valence-electron chi connectivity index (χ3n) is 5.84. The van der Waals surface area contributed by atoms with Gasteiger partial charge in [-0.15, -0.1) is 22.0 Å². The molecule has 0 N–H and O–H groups in total. The van der Waals surface area contributed by atoms with Crippen LogP contribution in [0.25, 0.3) is 0 Å². The van der Waals surface area contributed by atoms with Crippen molar-refractivity contribution in [2.24, 2.45) is 0 Å². The van der Waals surface area contributed by atoms with Gasteiger partial charge in [-0.3, -0.25) is 4.90 Å². The maximum Gasteiger partial charge on any atom is 0.191 e. The van der Waals surface area contributed by atoms with Crippen molar-refractivity contribution >= 4 is 23.5 Å². The highest BCUT2D eigenvalue weighted by atomic mass is 32.2. The highest BCUT2D eigenvalue weighted by Gasteiger charge is 2.22. The summed E-state index contributed by atoms with van der Waals surface area (Å²) in [5.41, 5.74) is 3.97. The van der Waals surface area contributed by atoms with E-state index < -0.39 is 0 Å². The molecule has 0 bridgehead atoms. The molecule has 1 atom stereocenters. The van der Waals surface area contributed by atoms with Gasteiger partial charge in [-0.05, 0) is 61.9 Å². The van der Waals surface area contributed by atoms with Crippen molar-refractivity contribution in [1.29, 1.82) is 0 Å². The van der Waals surface area contributed by atoms with Crippen LogP contribution in [-0.4, -0.2) is 45.7 Å². The van der Waals surface area contributed by atoms with Crippen LogP contribution in [0.4, 0.5) is 0 Å². The number of hydrogen-bond donors (Lipinski definition) is 0. The van der Waals surface area contributed by atoms with E-state index in [1.165, 1.54) is 21.6 Å². The van der Waals surface area contributed by atoms with Crippen LogP contribution in [0.15, 0.2) is 58.6 Å². The van der Waals surface area contributed by atoms with Crippen LogP contribution in [0.2, 0.25) is 0 Å². The lowest BCUT2D eigenvalue weighted by Gasteiger charge is -2.19. The summed E-state index contributed by atoms with van der Waals surface area (Å²) < 4.78 is 8.22. The maximum atomic E-state index is 5.94. The number of nitrogens with zero attached hydrogens (tertiary/aromatic N) is 4. The van der Waals surface area contributed by atoms with E-state index in [0.717, 1.165) is 55.8 Å². The topological polar surface area (TPSA) is 43.2 Å². The molecule has 1 aromatic heterocycles. The molecule has 0 saturated carbocycles. The van der Waals surface area contributed by atoms with Gasteiger partial charge in [-0.2, -0.15) is 0 Å². The Morgan fingerprint density at radius 3 is 2.62 bits per heavy atom. The molecule has 1 aliphatic rings. The van der Waals surface area contributed by atoms with E-state index in [9.17, 15) is 0 Å². The van der Waals surface area contributed by atoms with Crippen LogP contribution in [0, 0.1) is 6.92 Å². The summed E-state index contributed by atoms with van der Waals surface area (Å²) in [7, 11) is 2.15. The van der Waals surface area contributed by atoms with E-state index in [2.05, 4.69) is 88.4 Å². The van der Waals surface area contributed by atoms with E-state index in [1.807, 2.05) is 0 Å². The molecule has 0 amide bonds. The normalized spacial score (nSPS) is 16.2. The minimum Gasteiger partial charge on any atom is -0.376 e. The van der Waals surface area contributed by atoms with E-state index in [4.69, 9.17) is 4.74 Å². The maximum absolute atomic E-state index is 5.94. The summed E-state index contributed by atoms with van der Waals surface area (Å²) in [4.78, 5) is 3.60. The summed E-state index contributed by atoms with van der Waals surface area (Å²) in [6.07, 6.45) is 4.61. The summed E-state index contributed by atoms with van der Waals surface area (Å²) in [5, 5.41) is 10.2. The molecule has 2 heterocycles. The number of thioether (sulfide) groups is 2. The molecule has 32 heavy (non-hydrogen) atoms. The van der Waals surface area contributed by atoms with Crippen molar-refractivity contribution in [3.63, 3.8) is 0 Å². The molecule has 170 valence electrons. The van der Waals surface area contributed by atoms with Crippen LogP contribution in [0.3, 0.4) is 0 Å². The number of ether oxygens (including phenoxy) is 1. The first kappa shape index (κ1) is 23.4. The Bertz CT molecular complexity index is 999. The van der Waals surface area contributed by atoms with Crippen molar-refractivity contribution in [3.05, 3.63) is 71.0 Å². The second-order valence-electron chi connectivity index (χ2n) is 8.38. The first-order valence-electron chi connectivity index (χ1n) is 11.1. The van der Waals surface area contributed by atoms with Gasteiger partial charge in [0.25, 0.3) is 0 Å². The number of hydrogen-bond acceptors (Lipinski definition) is 6. The molecule has 0 aliphatic carbocycles. The number of aromatic nitrogens is 3. The predicted molar refractivity (Wildman–Crippen MR) is 133 cm³/mol. The third kappa shape index (κ3) is 6.16. The van der Waals surface area contributed by atoms with Gasteiger partial charge in [-0.1, -0.05) is 48.2 Å². The van der Waals surface area contributed by atoms with Crippen molar-refractivity contribution in [3.8, 4) is 0 Å². The second kappa shape index (κ2) is 11.4. The highest BCUT2D eigenvalue weighted by Crippen LogP contribution is 2.26. The lowest BCUT2D eigenvalue weighted by atomic mass is 10.1. The van der Waals surface area contributed by atoms with Gasteiger partial charge in [0.15, 0.2) is 5.16 Å². The van der Waals surface area contributed by atoms with E-state index in [0.29, 0.717) is 0 Å². The number of rotatable bonds is 10. The molecule has 2 aromatic carbocycles. The monoisotopic (exact) mass is 468 g/mol. The Morgan fingerprint density at radius 2 is 1.91 bits per heavy atom. The molecule has 0 radical (unpaired) electrons. The smallest absolute Gasteiger partial charge is 0.191 e. The van der Waals surface area contributed by atoms with E-state index in [1.54, 1.807) is 23.5 Å². The van der Waals surface area contributed by atoms with E-state index in [-0.39, 0.29) is 6.10 Å². The Balaban J connectivity index is 1.46. The van der Waals surface area contributed by atoms with Gasteiger partial charge in [-0.25, -0.2) is 0 Å². The molecule has 1 unspecified atom stereocenters. The Labute approximate surface area is 200 Å². The van der Waals surface area contributed by atoms with Gasteiger partial charge in [0.2, 0.25) is 0 Å². The molecular formula is C25H32N4OS2. The van der Waals surface area contributed by atoms with Crippen molar-refractivity contribution in [2.45, 2.75) is 61.3 Å². The fraction of sp³-hybridized carbons (Fsp3) is 0.440. The standard InChI is InChI=1S/C25H32N4OS2/c1-19-7-4-5-8-21(19)18-32-25-27-26-24(29(25)16-22-9-6-14-30-22)17-28(2)15-20-10-12-23(31-3)13-11-20/h4-5,7-8,10-13,22H,6,9,14-18H2,1-3H3. The minimum atomic E-state index is 0.256. The molecule has 7 heteroatoms. The first-order valence-corrected chi connectivity index (χ1v) is 13.4. The summed E-state index contributed by atoms with van der Waals surface area (Å²) in [6.45, 7) is 5.50. The van der Waals surface area contributed by atoms with Gasteiger partial charge in [0.1, 0.15) is 5.82 Å². The van der Waals surface area contributed by atoms with Gasteiger partial charge < -0.3 is 9.30 Å². The molecular weight excluding hydrogens is 436 g/mol. The SMILES string of the molecule is CSc1ccc(CN(C)Cc2nnc(SCc3ccccc3C)n2CC2CCCO2)cc1. The zero-order valence-electron chi connectivity index (χ0n) is 19.2. The molecule has 1 fully saturated rings. The Morgan fingerprint density at radius 1 is 1.09 bits per heavy atom. The third-order valence-corrected chi connectivity index (χ3v) is 7.60. The molecule has 4 rings (SSSR count). The molecule has 1 aliphatic heterocycles. The Hall–Kier alpha value is -1.80. The fourth-order valence-electron chi connectivity index (χ4n) is 3.97. The number of benzene rings is 2. The van der Waals surface area contributed by atoms with Gasteiger partial charge in [0, 0.05) is 23.8 Å². The van der Waals surface area contributed by atoms with E-state index >= 15 is 0 Å². The molecule has 3 aromatic rings. The van der Waals surface area contributed by atoms with Gasteiger partial charge >= 0.3 is 0 Å². The van der Waals surface area contributed by atoms with Crippen LogP contribution < -0.4 is 0 Å². The summed E-state index contributed by atoms with van der Waals surface area (Å²) in [6, 6.07) is 17.4. The zero-order valence-corrected chi connectivity index (χ0v) is 20.8. The predicted octanol–water partition coefficient (Wildman–Crippen LogP) is 5.41.